The van der Waals surface area contributed by atoms with Crippen molar-refractivity contribution in [3.8, 4) is 0 Å². The van der Waals surface area contributed by atoms with Gasteiger partial charge in [0.15, 0.2) is 0 Å². The SMILES string of the molecule is [CH-]=C.[CH2-][SiH2][Si](Cl)(Cl)Cl.[O]=[Co]. The van der Waals surface area contributed by atoms with Gasteiger partial charge in [-0.15, -0.1) is 33.2 Å². The van der Waals surface area contributed by atoms with Crippen LogP contribution in [0, 0.1) is 13.1 Å². The molecule has 0 heterocycles. The van der Waals surface area contributed by atoms with Crippen molar-refractivity contribution in [2.24, 2.45) is 0 Å². The van der Waals surface area contributed by atoms with Crippen molar-refractivity contribution in [1.29, 1.82) is 0 Å². The van der Waals surface area contributed by atoms with E-state index < -0.39 is 14.6 Å². The van der Waals surface area contributed by atoms with Crippen LogP contribution in [0.5, 0.6) is 0 Å². The Morgan fingerprint density at radius 2 is 1.50 bits per heavy atom. The van der Waals surface area contributed by atoms with Crippen molar-refractivity contribution in [2.75, 3.05) is 0 Å². The van der Waals surface area contributed by atoms with Gasteiger partial charge in [-0.1, -0.05) is 9.04 Å². The van der Waals surface area contributed by atoms with E-state index in [-0.39, 0.29) is 0 Å². The van der Waals surface area contributed by atoms with Gasteiger partial charge >= 0.3 is 19.5 Å². The van der Waals surface area contributed by atoms with Crippen LogP contribution in [0.1, 0.15) is 0 Å². The average Bonchev–Trinajstić information content (AvgIpc) is 1.95. The van der Waals surface area contributed by atoms with Gasteiger partial charge in [0, 0.05) is 0 Å². The molecule has 0 saturated heterocycles. The Bertz CT molecular complexity index is 67.3. The molecule has 0 radical (unpaired) electrons. The molecule has 0 saturated carbocycles. The minimum atomic E-state index is -2.19. The molecule has 0 aromatic carbocycles. The van der Waals surface area contributed by atoms with Gasteiger partial charge in [0.05, 0.1) is 0 Å². The van der Waals surface area contributed by atoms with E-state index in [1.54, 1.807) is 0 Å². The third kappa shape index (κ3) is 34.5. The summed E-state index contributed by atoms with van der Waals surface area (Å²) in [5.41, 5.74) is -2.19. The number of hydrogen-bond donors (Lipinski definition) is 0. The third-order valence-corrected chi connectivity index (χ3v) is 7.65. The van der Waals surface area contributed by atoms with E-state index in [0.29, 0.717) is 0 Å². The summed E-state index contributed by atoms with van der Waals surface area (Å²) in [4.78, 5) is 0. The van der Waals surface area contributed by atoms with E-state index in [0.717, 1.165) is 0 Å². The van der Waals surface area contributed by atoms with Gasteiger partial charge in [-0.2, -0.15) is 0 Å². The quantitative estimate of drug-likeness (QED) is 0.405. The minimum absolute atomic E-state index is 0.562. The van der Waals surface area contributed by atoms with Crippen molar-refractivity contribution in [1.82, 2.24) is 0 Å². The summed E-state index contributed by atoms with van der Waals surface area (Å²) < 4.78 is 7.94. The van der Waals surface area contributed by atoms with Gasteiger partial charge in [0.2, 0.25) is 0 Å². The summed E-state index contributed by atoms with van der Waals surface area (Å²) in [6.45, 7) is 10.6. The second-order valence-corrected chi connectivity index (χ2v) is 18.9. The van der Waals surface area contributed by atoms with Crippen LogP contribution in [0.15, 0.2) is 6.58 Å². The van der Waals surface area contributed by atoms with E-state index in [2.05, 4.69) is 35.4 Å². The van der Waals surface area contributed by atoms with Crippen LogP contribution in [0.2, 0.25) is 0 Å². The molecule has 0 N–H and O–H groups in total. The Morgan fingerprint density at radius 3 is 1.50 bits per heavy atom. The Kier molecular flexibility index (Phi) is 22.6. The molecule has 0 amide bonds. The molecule has 0 spiro atoms. The molecule has 0 rings (SSSR count). The fourth-order valence-electron chi connectivity index (χ4n) is 0. The fourth-order valence-corrected chi connectivity index (χ4v) is 0. The standard InChI is InChI=1S/C2H3.CH4Cl3Si2.Co.O/c1-2;1-5-6(2,3)4;;/h1H,2H2;1,5H2;;/q2*-1;;. The number of hydrogen-bond acceptors (Lipinski definition) is 1. The van der Waals surface area contributed by atoms with Crippen molar-refractivity contribution in [2.45, 2.75) is 0 Å². The molecule has 0 atom stereocenters. The molecule has 0 aliphatic carbocycles. The normalized spacial score (nSPS) is 9.30. The van der Waals surface area contributed by atoms with Gasteiger partial charge in [-0.3, -0.25) is 6.58 Å². The summed E-state index contributed by atoms with van der Waals surface area (Å²) in [5.74, 6) is 0. The summed E-state index contributed by atoms with van der Waals surface area (Å²) in [6, 6.07) is 0. The maximum absolute atomic E-state index is 7.94. The van der Waals surface area contributed by atoms with Gasteiger partial charge in [-0.05, 0) is 0 Å². The third-order valence-electron chi connectivity index (χ3n) is 0.283. The molecule has 0 unspecified atom stereocenters. The van der Waals surface area contributed by atoms with E-state index in [1.165, 1.54) is 0 Å². The van der Waals surface area contributed by atoms with Crippen LogP contribution in [0.25, 0.3) is 0 Å². The summed E-state index contributed by atoms with van der Waals surface area (Å²) in [7, 11) is -0.562. The summed E-state index contributed by atoms with van der Waals surface area (Å²) in [6.07, 6.45) is 0. The molecule has 7 heteroatoms. The Balaban J connectivity index is -0.000000105. The van der Waals surface area contributed by atoms with Crippen LogP contribution in [-0.2, 0) is 19.5 Å². The summed E-state index contributed by atoms with van der Waals surface area (Å²) >= 11 is 18.5. The molecule has 0 aromatic rings. The molecule has 10 heavy (non-hydrogen) atoms. The predicted octanol–water partition coefficient (Wildman–Crippen LogP) is 1.58. The van der Waals surface area contributed by atoms with E-state index in [4.69, 9.17) is 37.1 Å². The zero-order chi connectivity index (χ0) is 9.21. The maximum atomic E-state index is 7.94. The molecule has 0 aliphatic rings. The van der Waals surface area contributed by atoms with E-state index in [9.17, 15) is 0 Å². The van der Waals surface area contributed by atoms with Crippen molar-refractivity contribution < 1.29 is 19.5 Å². The fraction of sp³-hybridized carbons (Fsp3) is 0. The zero-order valence-corrected chi connectivity index (χ0v) is 10.8. The van der Waals surface area contributed by atoms with Crippen LogP contribution >= 0.6 is 33.2 Å². The topological polar surface area (TPSA) is 17.1 Å². The second-order valence-electron chi connectivity index (χ2n) is 0.865. The Labute approximate surface area is 86.6 Å². The number of halogens is 3. The molecule has 0 aromatic heterocycles. The number of rotatable bonds is 1. The van der Waals surface area contributed by atoms with E-state index in [1.807, 2.05) is 0 Å². The molecule has 0 bridgehead atoms. The first-order chi connectivity index (χ1) is 4.56. The van der Waals surface area contributed by atoms with Gasteiger partial charge in [0.1, 0.15) is 0 Å². The van der Waals surface area contributed by atoms with Crippen LogP contribution in [0.4, 0.5) is 0 Å². The molecule has 65 valence electrons. The second kappa shape index (κ2) is 13.0. The van der Waals surface area contributed by atoms with Gasteiger partial charge in [0.25, 0.3) is 5.52 Å². The van der Waals surface area contributed by atoms with Gasteiger partial charge < -0.3 is 13.1 Å². The first kappa shape index (κ1) is 17.4. The van der Waals surface area contributed by atoms with Crippen LogP contribution in [-0.4, -0.2) is 14.6 Å². The Morgan fingerprint density at radius 1 is 1.40 bits per heavy atom. The zero-order valence-electron chi connectivity index (χ0n) is 5.07. The summed E-state index contributed by atoms with van der Waals surface area (Å²) in [5, 5.41) is 0. The monoisotopic (exact) mass is 279 g/mol. The molecule has 1 nitrogen and oxygen atoms in total. The van der Waals surface area contributed by atoms with E-state index >= 15 is 0 Å². The van der Waals surface area contributed by atoms with Crippen LogP contribution in [0.3, 0.4) is 0 Å². The molecule has 0 aliphatic heterocycles. The average molecular weight is 281 g/mol. The van der Waals surface area contributed by atoms with Crippen molar-refractivity contribution in [3.05, 3.63) is 19.7 Å². The Hall–Kier alpha value is 1.35. The van der Waals surface area contributed by atoms with Crippen molar-refractivity contribution >= 4 is 47.8 Å². The van der Waals surface area contributed by atoms with Crippen molar-refractivity contribution in [3.63, 3.8) is 0 Å². The first-order valence-corrected chi connectivity index (χ1v) is 10.8. The van der Waals surface area contributed by atoms with Gasteiger partial charge in [-0.25, -0.2) is 0 Å². The van der Waals surface area contributed by atoms with Crippen LogP contribution < -0.4 is 0 Å². The molecular weight excluding hydrogens is 273 g/mol. The molecule has 0 fully saturated rings. The molecular formula is C3H7Cl3CoOSi2-2. The first-order valence-electron chi connectivity index (χ1n) is 1.96. The predicted molar refractivity (Wildman–Crippen MR) is 47.8 cm³/mol.